The van der Waals surface area contributed by atoms with E-state index >= 15 is 0 Å². The number of halogens is 1. The Bertz CT molecular complexity index is 1070. The summed E-state index contributed by atoms with van der Waals surface area (Å²) in [7, 11) is 0. The molecule has 1 heterocycles. The van der Waals surface area contributed by atoms with Gasteiger partial charge in [0, 0.05) is 23.3 Å². The number of oxazole rings is 1. The number of hydrogen-bond donors (Lipinski definition) is 1. The number of nitrogens with zero attached hydrogens (tertiary/aromatic N) is 1. The van der Waals surface area contributed by atoms with Crippen molar-refractivity contribution in [3.05, 3.63) is 90.0 Å². The standard InChI is InChI=1S/C24H19ClN2O2S/c25-19-13-7-8-14-20(19)26-21(28)15-16-30-24-27-22(17-9-3-1-4-10-17)23(29-24)18-11-5-2-6-12-18/h1-14H,15-16H2,(H,26,28). The molecule has 6 heteroatoms. The summed E-state index contributed by atoms with van der Waals surface area (Å²) in [4.78, 5) is 16.9. The minimum Gasteiger partial charge on any atom is -0.431 e. The average Bonchev–Trinajstić information content (AvgIpc) is 3.21. The molecule has 0 unspecified atom stereocenters. The van der Waals surface area contributed by atoms with Crippen LogP contribution in [0.4, 0.5) is 5.69 Å². The molecule has 1 aromatic heterocycles. The Hall–Kier alpha value is -3.02. The smallest absolute Gasteiger partial charge is 0.256 e. The van der Waals surface area contributed by atoms with Crippen LogP contribution in [0.3, 0.4) is 0 Å². The number of carbonyl (C=O) groups is 1. The fraction of sp³-hybridized carbons (Fsp3) is 0.0833. The number of carbonyl (C=O) groups excluding carboxylic acids is 1. The fourth-order valence-electron chi connectivity index (χ4n) is 2.95. The van der Waals surface area contributed by atoms with Gasteiger partial charge in [0.2, 0.25) is 5.91 Å². The van der Waals surface area contributed by atoms with Gasteiger partial charge in [-0.2, -0.15) is 0 Å². The minimum absolute atomic E-state index is 0.103. The first-order valence-electron chi connectivity index (χ1n) is 9.49. The molecule has 30 heavy (non-hydrogen) atoms. The third kappa shape index (κ3) is 4.93. The zero-order chi connectivity index (χ0) is 20.8. The number of amides is 1. The van der Waals surface area contributed by atoms with Crippen LogP contribution in [0.25, 0.3) is 22.6 Å². The molecule has 4 nitrogen and oxygen atoms in total. The number of rotatable bonds is 7. The lowest BCUT2D eigenvalue weighted by Gasteiger charge is -2.06. The molecule has 0 aliphatic rings. The van der Waals surface area contributed by atoms with E-state index in [-0.39, 0.29) is 5.91 Å². The predicted molar refractivity (Wildman–Crippen MR) is 123 cm³/mol. The molecule has 4 rings (SSSR count). The third-order valence-corrected chi connectivity index (χ3v) is 5.55. The van der Waals surface area contributed by atoms with Gasteiger partial charge in [0.05, 0.1) is 10.7 Å². The number of nitrogens with one attached hydrogen (secondary N) is 1. The second kappa shape index (κ2) is 9.65. The van der Waals surface area contributed by atoms with E-state index in [4.69, 9.17) is 21.0 Å². The third-order valence-electron chi connectivity index (χ3n) is 4.39. The van der Waals surface area contributed by atoms with Gasteiger partial charge in [0.15, 0.2) is 5.76 Å². The Morgan fingerprint density at radius 3 is 2.23 bits per heavy atom. The molecule has 0 saturated heterocycles. The van der Waals surface area contributed by atoms with E-state index in [2.05, 4.69) is 5.32 Å². The fourth-order valence-corrected chi connectivity index (χ4v) is 3.89. The van der Waals surface area contributed by atoms with E-state index in [0.717, 1.165) is 22.6 Å². The SMILES string of the molecule is O=C(CCSc1nc(-c2ccccc2)c(-c2ccccc2)o1)Nc1ccccc1Cl. The van der Waals surface area contributed by atoms with E-state index in [1.807, 2.05) is 72.8 Å². The molecule has 3 aromatic carbocycles. The Balaban J connectivity index is 1.46. The van der Waals surface area contributed by atoms with Crippen LogP contribution in [0, 0.1) is 0 Å². The lowest BCUT2D eigenvalue weighted by atomic mass is 10.1. The second-order valence-corrected chi connectivity index (χ2v) is 7.97. The Kier molecular flexibility index (Phi) is 6.52. The van der Waals surface area contributed by atoms with Gasteiger partial charge in [-0.1, -0.05) is 96.2 Å². The predicted octanol–water partition coefficient (Wildman–Crippen LogP) is 6.78. The number of para-hydroxylation sites is 1. The quantitative estimate of drug-likeness (QED) is 0.325. The Labute approximate surface area is 184 Å². The van der Waals surface area contributed by atoms with E-state index in [0.29, 0.717) is 28.1 Å². The molecule has 1 amide bonds. The van der Waals surface area contributed by atoms with Crippen LogP contribution in [0.1, 0.15) is 6.42 Å². The van der Waals surface area contributed by atoms with E-state index < -0.39 is 0 Å². The Morgan fingerprint density at radius 1 is 0.900 bits per heavy atom. The van der Waals surface area contributed by atoms with Crippen molar-refractivity contribution in [3.63, 3.8) is 0 Å². The highest BCUT2D eigenvalue weighted by Gasteiger charge is 2.17. The minimum atomic E-state index is -0.103. The maximum Gasteiger partial charge on any atom is 0.256 e. The largest absolute Gasteiger partial charge is 0.431 e. The maximum atomic E-state index is 12.2. The van der Waals surface area contributed by atoms with Gasteiger partial charge < -0.3 is 9.73 Å². The van der Waals surface area contributed by atoms with Gasteiger partial charge in [-0.25, -0.2) is 4.98 Å². The molecule has 150 valence electrons. The summed E-state index contributed by atoms with van der Waals surface area (Å²) in [6, 6.07) is 27.0. The van der Waals surface area contributed by atoms with Crippen molar-refractivity contribution in [2.45, 2.75) is 11.6 Å². The molecule has 0 fully saturated rings. The highest BCUT2D eigenvalue weighted by Crippen LogP contribution is 2.35. The van der Waals surface area contributed by atoms with Crippen molar-refractivity contribution >= 4 is 35.0 Å². The molecule has 0 bridgehead atoms. The molecule has 0 radical (unpaired) electrons. The molecule has 0 saturated carbocycles. The summed E-state index contributed by atoms with van der Waals surface area (Å²) in [5.74, 6) is 1.16. The van der Waals surface area contributed by atoms with Crippen LogP contribution in [0.2, 0.25) is 5.02 Å². The monoisotopic (exact) mass is 434 g/mol. The Morgan fingerprint density at radius 2 is 1.53 bits per heavy atom. The molecule has 0 spiro atoms. The highest BCUT2D eigenvalue weighted by molar-refractivity contribution is 7.99. The molecular weight excluding hydrogens is 416 g/mol. The summed E-state index contributed by atoms with van der Waals surface area (Å²) in [6.07, 6.45) is 0.319. The van der Waals surface area contributed by atoms with Crippen LogP contribution >= 0.6 is 23.4 Å². The summed E-state index contributed by atoms with van der Waals surface area (Å²) in [6.45, 7) is 0. The van der Waals surface area contributed by atoms with Crippen LogP contribution in [-0.2, 0) is 4.79 Å². The van der Waals surface area contributed by atoms with Crippen molar-refractivity contribution in [1.82, 2.24) is 4.98 Å². The lowest BCUT2D eigenvalue weighted by molar-refractivity contribution is -0.115. The van der Waals surface area contributed by atoms with Gasteiger partial charge in [-0.15, -0.1) is 0 Å². The summed E-state index contributed by atoms with van der Waals surface area (Å²) >= 11 is 7.51. The number of thioether (sulfide) groups is 1. The van der Waals surface area contributed by atoms with Crippen molar-refractivity contribution < 1.29 is 9.21 Å². The van der Waals surface area contributed by atoms with Crippen LogP contribution < -0.4 is 5.32 Å². The summed E-state index contributed by atoms with van der Waals surface area (Å²) in [5.41, 5.74) is 3.36. The number of anilines is 1. The molecule has 0 aliphatic carbocycles. The molecular formula is C24H19ClN2O2S. The van der Waals surface area contributed by atoms with Crippen molar-refractivity contribution in [1.29, 1.82) is 0 Å². The second-order valence-electron chi connectivity index (χ2n) is 6.52. The van der Waals surface area contributed by atoms with Crippen molar-refractivity contribution in [3.8, 4) is 22.6 Å². The average molecular weight is 435 g/mol. The number of hydrogen-bond acceptors (Lipinski definition) is 4. The van der Waals surface area contributed by atoms with Crippen LogP contribution in [-0.4, -0.2) is 16.6 Å². The first-order valence-corrected chi connectivity index (χ1v) is 10.9. The lowest BCUT2D eigenvalue weighted by Crippen LogP contribution is -2.12. The molecule has 0 aliphatic heterocycles. The molecule has 0 atom stereocenters. The summed E-state index contributed by atoms with van der Waals surface area (Å²) in [5, 5.41) is 3.89. The maximum absolute atomic E-state index is 12.2. The zero-order valence-electron chi connectivity index (χ0n) is 16.0. The van der Waals surface area contributed by atoms with E-state index in [9.17, 15) is 4.79 Å². The van der Waals surface area contributed by atoms with Gasteiger partial charge in [0.1, 0.15) is 5.69 Å². The topological polar surface area (TPSA) is 55.1 Å². The normalized spacial score (nSPS) is 10.7. The summed E-state index contributed by atoms with van der Waals surface area (Å²) < 4.78 is 6.07. The van der Waals surface area contributed by atoms with Crippen LogP contribution in [0.15, 0.2) is 94.6 Å². The van der Waals surface area contributed by atoms with Crippen molar-refractivity contribution in [2.75, 3.05) is 11.1 Å². The van der Waals surface area contributed by atoms with E-state index in [1.54, 1.807) is 12.1 Å². The number of aromatic nitrogens is 1. The van der Waals surface area contributed by atoms with Gasteiger partial charge in [0.25, 0.3) is 5.22 Å². The van der Waals surface area contributed by atoms with Gasteiger partial charge in [-0.3, -0.25) is 4.79 Å². The first kappa shape index (κ1) is 20.3. The first-order chi connectivity index (χ1) is 14.7. The van der Waals surface area contributed by atoms with E-state index in [1.165, 1.54) is 11.8 Å². The molecule has 4 aromatic rings. The zero-order valence-corrected chi connectivity index (χ0v) is 17.6. The molecule has 1 N–H and O–H groups in total. The van der Waals surface area contributed by atoms with Crippen molar-refractivity contribution in [2.24, 2.45) is 0 Å². The van der Waals surface area contributed by atoms with Gasteiger partial charge in [-0.05, 0) is 12.1 Å². The van der Waals surface area contributed by atoms with Crippen LogP contribution in [0.5, 0.6) is 0 Å². The van der Waals surface area contributed by atoms with Gasteiger partial charge >= 0.3 is 0 Å². The number of benzene rings is 3. The highest BCUT2D eigenvalue weighted by atomic mass is 35.5.